The van der Waals surface area contributed by atoms with Gasteiger partial charge in [0, 0.05) is 34.1 Å². The summed E-state index contributed by atoms with van der Waals surface area (Å²) < 4.78 is 12.3. The molecule has 0 saturated heterocycles. The number of fused-ring (bicyclic) bond motifs is 2. The molecule has 11 aromatic rings. The summed E-state index contributed by atoms with van der Waals surface area (Å²) in [6, 6.07) is 89.3. The number of hydrogen-bond acceptors (Lipinski definition) is 4. The standard InChI is InChI=1S/C64H48N2O2/c1-45-41-64(50-25-29-54(30-26-50)66(58-32-22-48-14-10-12-16-52(48)44-58)56-35-39-62(40-36-56)68-60-19-7-4-8-20-60)46(2)42-63(45)49-23-27-53(28-24-49)65(57-31-21-47-13-9-11-15-51(47)43-57)55-33-37-61(38-34-55)67-59-17-5-3-6-18-59/h3-44H,1-2H3. The van der Waals surface area contributed by atoms with Crippen LogP contribution in [0.2, 0.25) is 0 Å². The third-order valence-electron chi connectivity index (χ3n) is 12.6. The summed E-state index contributed by atoms with van der Waals surface area (Å²) in [5.74, 6) is 3.20. The van der Waals surface area contributed by atoms with Crippen LogP contribution >= 0.6 is 0 Å². The van der Waals surface area contributed by atoms with Crippen molar-refractivity contribution >= 4 is 55.7 Å². The van der Waals surface area contributed by atoms with Crippen molar-refractivity contribution in [2.24, 2.45) is 0 Å². The molecule has 0 aliphatic carbocycles. The van der Waals surface area contributed by atoms with Gasteiger partial charge in [0.15, 0.2) is 0 Å². The van der Waals surface area contributed by atoms with Crippen molar-refractivity contribution in [3.8, 4) is 45.3 Å². The van der Waals surface area contributed by atoms with Crippen LogP contribution < -0.4 is 19.3 Å². The quantitative estimate of drug-likeness (QED) is 0.122. The minimum Gasteiger partial charge on any atom is -0.457 e. The lowest BCUT2D eigenvalue weighted by Crippen LogP contribution is -2.10. The highest BCUT2D eigenvalue weighted by Gasteiger charge is 2.17. The number of rotatable bonds is 12. The fourth-order valence-electron chi connectivity index (χ4n) is 9.12. The summed E-state index contributed by atoms with van der Waals surface area (Å²) in [7, 11) is 0. The zero-order valence-electron chi connectivity index (χ0n) is 38.0. The largest absolute Gasteiger partial charge is 0.457 e. The van der Waals surface area contributed by atoms with Crippen molar-refractivity contribution < 1.29 is 9.47 Å². The monoisotopic (exact) mass is 876 g/mol. The van der Waals surface area contributed by atoms with Gasteiger partial charge in [-0.1, -0.05) is 133 Å². The van der Waals surface area contributed by atoms with E-state index in [1.165, 1.54) is 54.9 Å². The normalized spacial score (nSPS) is 11.1. The van der Waals surface area contributed by atoms with Gasteiger partial charge in [0.1, 0.15) is 23.0 Å². The van der Waals surface area contributed by atoms with Crippen LogP contribution in [0.1, 0.15) is 11.1 Å². The molecule has 0 radical (unpaired) electrons. The number of benzene rings is 11. The number of nitrogens with zero attached hydrogens (tertiary/aromatic N) is 2. The van der Waals surface area contributed by atoms with Gasteiger partial charge in [-0.3, -0.25) is 0 Å². The molecule has 0 spiro atoms. The summed E-state index contributed by atoms with van der Waals surface area (Å²) in [5, 5.41) is 4.81. The van der Waals surface area contributed by atoms with Crippen LogP contribution in [-0.4, -0.2) is 0 Å². The maximum absolute atomic E-state index is 6.16. The van der Waals surface area contributed by atoms with Gasteiger partial charge in [0.25, 0.3) is 0 Å². The van der Waals surface area contributed by atoms with Crippen LogP contribution in [-0.2, 0) is 0 Å². The van der Waals surface area contributed by atoms with Gasteiger partial charge in [-0.15, -0.1) is 0 Å². The lowest BCUT2D eigenvalue weighted by Gasteiger charge is -2.26. The lowest BCUT2D eigenvalue weighted by atomic mass is 9.91. The van der Waals surface area contributed by atoms with Crippen LogP contribution in [0, 0.1) is 13.8 Å². The van der Waals surface area contributed by atoms with Crippen molar-refractivity contribution in [1.82, 2.24) is 0 Å². The smallest absolute Gasteiger partial charge is 0.127 e. The number of ether oxygens (including phenoxy) is 2. The van der Waals surface area contributed by atoms with Gasteiger partial charge >= 0.3 is 0 Å². The highest BCUT2D eigenvalue weighted by molar-refractivity contribution is 5.91. The van der Waals surface area contributed by atoms with Crippen molar-refractivity contribution in [2.75, 3.05) is 9.80 Å². The molecule has 0 aliphatic rings. The summed E-state index contributed by atoms with van der Waals surface area (Å²) in [6.07, 6.45) is 0. The van der Waals surface area contributed by atoms with Crippen molar-refractivity contribution in [2.45, 2.75) is 13.8 Å². The van der Waals surface area contributed by atoms with E-state index in [1.807, 2.05) is 84.9 Å². The molecule has 0 unspecified atom stereocenters. The second-order valence-corrected chi connectivity index (χ2v) is 17.1. The van der Waals surface area contributed by atoms with Gasteiger partial charge in [0.2, 0.25) is 0 Å². The van der Waals surface area contributed by atoms with Crippen molar-refractivity contribution in [1.29, 1.82) is 0 Å². The molecule has 11 aromatic carbocycles. The van der Waals surface area contributed by atoms with E-state index in [9.17, 15) is 0 Å². The molecule has 0 bridgehead atoms. The Hall–Kier alpha value is -8.86. The highest BCUT2D eigenvalue weighted by Crippen LogP contribution is 2.41. The van der Waals surface area contributed by atoms with Crippen LogP contribution in [0.5, 0.6) is 23.0 Å². The van der Waals surface area contributed by atoms with E-state index in [0.717, 1.165) is 57.1 Å². The topological polar surface area (TPSA) is 24.9 Å². The Balaban J connectivity index is 0.880. The van der Waals surface area contributed by atoms with Crippen molar-refractivity contribution in [3.05, 3.63) is 266 Å². The first kappa shape index (κ1) is 41.8. The third kappa shape index (κ3) is 8.79. The SMILES string of the molecule is Cc1cc(-c2ccc(N(c3ccc(Oc4ccccc4)cc3)c3ccc4ccccc4c3)cc2)c(C)cc1-c1ccc(N(c2ccc(Oc3ccccc3)cc2)c2ccc3ccccc3c2)cc1. The minimum absolute atomic E-state index is 0.790. The van der Waals surface area contributed by atoms with Gasteiger partial charge < -0.3 is 19.3 Å². The minimum atomic E-state index is 0.790. The fraction of sp³-hybridized carbons (Fsp3) is 0.0312. The third-order valence-corrected chi connectivity index (χ3v) is 12.6. The zero-order chi connectivity index (χ0) is 45.8. The molecule has 0 heterocycles. The summed E-state index contributed by atoms with van der Waals surface area (Å²) in [4.78, 5) is 4.62. The van der Waals surface area contributed by atoms with Gasteiger partial charge in [-0.05, 0) is 190 Å². The van der Waals surface area contributed by atoms with E-state index in [4.69, 9.17) is 9.47 Å². The summed E-state index contributed by atoms with van der Waals surface area (Å²) in [6.45, 7) is 4.43. The first-order chi connectivity index (χ1) is 33.5. The molecule has 4 nitrogen and oxygen atoms in total. The molecular formula is C64H48N2O2. The predicted octanol–water partition coefficient (Wildman–Crippen LogP) is 18.5. The second-order valence-electron chi connectivity index (χ2n) is 17.1. The van der Waals surface area contributed by atoms with Gasteiger partial charge in [0.05, 0.1) is 0 Å². The van der Waals surface area contributed by atoms with Gasteiger partial charge in [-0.2, -0.15) is 0 Å². The maximum Gasteiger partial charge on any atom is 0.127 e. The van der Waals surface area contributed by atoms with Crippen LogP contribution in [0.3, 0.4) is 0 Å². The van der Waals surface area contributed by atoms with E-state index in [-0.39, 0.29) is 0 Å². The predicted molar refractivity (Wildman–Crippen MR) is 284 cm³/mol. The van der Waals surface area contributed by atoms with Crippen LogP contribution in [0.4, 0.5) is 34.1 Å². The molecule has 0 amide bonds. The van der Waals surface area contributed by atoms with E-state index in [0.29, 0.717) is 0 Å². The van der Waals surface area contributed by atoms with Crippen LogP contribution in [0.15, 0.2) is 255 Å². The van der Waals surface area contributed by atoms with E-state index >= 15 is 0 Å². The molecule has 0 aliphatic heterocycles. The number of para-hydroxylation sites is 2. The molecule has 0 N–H and O–H groups in total. The molecule has 326 valence electrons. The Bertz CT molecular complexity index is 3260. The molecule has 4 heteroatoms. The Kier molecular flexibility index (Phi) is 11.4. The lowest BCUT2D eigenvalue weighted by molar-refractivity contribution is 0.482. The summed E-state index contributed by atoms with van der Waals surface area (Å²) >= 11 is 0. The molecule has 0 saturated carbocycles. The first-order valence-corrected chi connectivity index (χ1v) is 23.1. The molecule has 0 fully saturated rings. The molecule has 11 rings (SSSR count). The fourth-order valence-corrected chi connectivity index (χ4v) is 9.12. The number of anilines is 6. The Morgan fingerprint density at radius 2 is 0.544 bits per heavy atom. The van der Waals surface area contributed by atoms with Crippen LogP contribution in [0.25, 0.3) is 43.8 Å². The molecular weight excluding hydrogens is 829 g/mol. The maximum atomic E-state index is 6.16. The Morgan fingerprint density at radius 3 is 0.912 bits per heavy atom. The Labute approximate surface area is 398 Å². The van der Waals surface area contributed by atoms with E-state index < -0.39 is 0 Å². The average molecular weight is 877 g/mol. The number of aryl methyl sites for hydroxylation is 2. The molecule has 68 heavy (non-hydrogen) atoms. The zero-order valence-corrected chi connectivity index (χ0v) is 38.0. The summed E-state index contributed by atoms with van der Waals surface area (Å²) in [5.41, 5.74) is 13.6. The average Bonchev–Trinajstić information content (AvgIpc) is 3.39. The van der Waals surface area contributed by atoms with E-state index in [2.05, 4.69) is 194 Å². The van der Waals surface area contributed by atoms with Crippen molar-refractivity contribution in [3.63, 3.8) is 0 Å². The van der Waals surface area contributed by atoms with E-state index in [1.54, 1.807) is 0 Å². The Morgan fingerprint density at radius 1 is 0.250 bits per heavy atom. The highest BCUT2D eigenvalue weighted by atomic mass is 16.5. The second kappa shape index (κ2) is 18.6. The first-order valence-electron chi connectivity index (χ1n) is 23.1. The molecule has 0 atom stereocenters. The van der Waals surface area contributed by atoms with Gasteiger partial charge in [-0.25, -0.2) is 0 Å². The number of hydrogen-bond donors (Lipinski definition) is 0. The molecule has 0 aromatic heterocycles.